The lowest BCUT2D eigenvalue weighted by Crippen LogP contribution is -2.59. The molecule has 11 heteroatoms. The summed E-state index contributed by atoms with van der Waals surface area (Å²) in [5, 5.41) is 3.07. The number of sulfonamides is 1. The zero-order valence-electron chi connectivity index (χ0n) is 21.5. The van der Waals surface area contributed by atoms with Gasteiger partial charge in [0.15, 0.2) is 5.72 Å². The molecule has 1 aromatic heterocycles. The number of nitrogens with two attached hydrogens (primary N) is 1. The Labute approximate surface area is 222 Å². The number of nitrogens with zero attached hydrogens (tertiary/aromatic N) is 3. The average molecular weight is 537 g/mol. The monoisotopic (exact) mass is 536 g/mol. The molecule has 10 nitrogen and oxygen atoms in total. The minimum Gasteiger partial charge on any atom is -0.451 e. The molecule has 2 aromatic carbocycles. The van der Waals surface area contributed by atoms with Crippen LogP contribution in [0.3, 0.4) is 0 Å². The van der Waals surface area contributed by atoms with Crippen molar-refractivity contribution in [2.75, 3.05) is 30.9 Å². The van der Waals surface area contributed by atoms with Crippen molar-refractivity contribution in [3.8, 4) is 17.1 Å². The minimum absolute atomic E-state index is 0.0556. The van der Waals surface area contributed by atoms with Crippen molar-refractivity contribution in [2.24, 2.45) is 5.73 Å². The topological polar surface area (TPSA) is 140 Å². The van der Waals surface area contributed by atoms with Crippen LogP contribution in [0.15, 0.2) is 53.4 Å². The van der Waals surface area contributed by atoms with Crippen LogP contribution in [-0.4, -0.2) is 61.1 Å². The van der Waals surface area contributed by atoms with E-state index in [1.54, 1.807) is 12.1 Å². The molecule has 0 radical (unpaired) electrons. The number of ether oxygens (including phenoxy) is 1. The normalized spacial score (nSPS) is 18.4. The van der Waals surface area contributed by atoms with Crippen molar-refractivity contribution >= 4 is 21.9 Å². The standard InChI is InChI=1S/C27H32N6O4S/c1-18-6-3-7-19(2)24(18)22-17-23-30-26(29-22)32-38(35,36)21-9-4-8-20(16-21)25(34)31-27(37-23)10-14-33(15-11-27)13-5-12-28/h3-4,6-9,16-17H,5,10-15,28H2,1-2H3,(H,31,34)(H,29,30,32). The molecule has 1 saturated heterocycles. The molecule has 3 heterocycles. The molecule has 2 aliphatic rings. The molecule has 200 valence electrons. The number of aromatic nitrogens is 2. The van der Waals surface area contributed by atoms with E-state index in [0.29, 0.717) is 38.2 Å². The molecule has 1 amide bonds. The lowest BCUT2D eigenvalue weighted by molar-refractivity contribution is -0.0241. The van der Waals surface area contributed by atoms with Crippen LogP contribution in [0.1, 0.15) is 40.7 Å². The average Bonchev–Trinajstić information content (AvgIpc) is 2.87. The van der Waals surface area contributed by atoms with E-state index in [4.69, 9.17) is 10.5 Å². The fourth-order valence-electron chi connectivity index (χ4n) is 5.04. The van der Waals surface area contributed by atoms with Gasteiger partial charge in [0.25, 0.3) is 15.9 Å². The first-order chi connectivity index (χ1) is 18.2. The van der Waals surface area contributed by atoms with Crippen molar-refractivity contribution in [3.05, 3.63) is 65.2 Å². The van der Waals surface area contributed by atoms with Gasteiger partial charge in [-0.2, -0.15) is 4.98 Å². The molecule has 1 fully saturated rings. The smallest absolute Gasteiger partial charge is 0.264 e. The number of anilines is 1. The van der Waals surface area contributed by atoms with Crippen LogP contribution in [0, 0.1) is 13.8 Å². The Morgan fingerprint density at radius 3 is 2.47 bits per heavy atom. The fourth-order valence-corrected chi connectivity index (χ4v) is 6.03. The van der Waals surface area contributed by atoms with Gasteiger partial charge in [-0.15, -0.1) is 0 Å². The molecule has 38 heavy (non-hydrogen) atoms. The van der Waals surface area contributed by atoms with E-state index in [1.165, 1.54) is 18.2 Å². The molecule has 4 bridgehead atoms. The lowest BCUT2D eigenvalue weighted by atomic mass is 9.98. The highest BCUT2D eigenvalue weighted by molar-refractivity contribution is 7.92. The molecule has 4 N–H and O–H groups in total. The second-order valence-electron chi connectivity index (χ2n) is 9.85. The SMILES string of the molecule is Cc1cccc(C)c1-c1cc2nc(n1)NS(=O)(=O)c1cccc(c1)C(=O)NC1(CCN(CCCN)CC1)O2. The molecule has 3 aromatic rings. The van der Waals surface area contributed by atoms with Gasteiger partial charge in [0.1, 0.15) is 0 Å². The predicted molar refractivity (Wildman–Crippen MR) is 144 cm³/mol. The Morgan fingerprint density at radius 1 is 1.05 bits per heavy atom. The van der Waals surface area contributed by atoms with Crippen LogP contribution in [0.25, 0.3) is 11.3 Å². The minimum atomic E-state index is -4.07. The first-order valence-electron chi connectivity index (χ1n) is 12.7. The number of likely N-dealkylation sites (tertiary alicyclic amines) is 1. The Hall–Kier alpha value is -3.54. The molecule has 2 aliphatic heterocycles. The van der Waals surface area contributed by atoms with Crippen LogP contribution in [0.2, 0.25) is 0 Å². The number of carbonyl (C=O) groups is 1. The highest BCUT2D eigenvalue weighted by Gasteiger charge is 2.39. The first-order valence-corrected chi connectivity index (χ1v) is 14.2. The number of hydrogen-bond acceptors (Lipinski definition) is 8. The third kappa shape index (κ3) is 5.35. The summed E-state index contributed by atoms with van der Waals surface area (Å²) < 4.78 is 35.4. The van der Waals surface area contributed by atoms with Gasteiger partial charge < -0.3 is 20.7 Å². The third-order valence-electron chi connectivity index (χ3n) is 7.06. The number of aryl methyl sites for hydroxylation is 2. The maximum atomic E-state index is 13.4. The molecule has 0 atom stereocenters. The first kappa shape index (κ1) is 26.1. The number of piperidine rings is 1. The second-order valence-corrected chi connectivity index (χ2v) is 11.5. The van der Waals surface area contributed by atoms with Crippen molar-refractivity contribution in [3.63, 3.8) is 0 Å². The number of benzene rings is 2. The Balaban J connectivity index is 1.62. The number of rotatable bonds is 4. The number of nitrogens with one attached hydrogen (secondary N) is 2. The Morgan fingerprint density at radius 2 is 1.76 bits per heavy atom. The van der Waals surface area contributed by atoms with Crippen molar-refractivity contribution in [1.82, 2.24) is 20.2 Å². The van der Waals surface area contributed by atoms with Gasteiger partial charge in [-0.1, -0.05) is 24.3 Å². The van der Waals surface area contributed by atoms with E-state index in [0.717, 1.165) is 29.7 Å². The number of amides is 1. The lowest BCUT2D eigenvalue weighted by Gasteiger charge is -2.42. The zero-order valence-corrected chi connectivity index (χ0v) is 22.3. The van der Waals surface area contributed by atoms with Crippen LogP contribution in [0.5, 0.6) is 5.88 Å². The summed E-state index contributed by atoms with van der Waals surface area (Å²) in [5.74, 6) is -0.342. The molecule has 1 spiro atoms. The number of hydrogen-bond donors (Lipinski definition) is 3. The maximum Gasteiger partial charge on any atom is 0.264 e. The molecular weight excluding hydrogens is 504 g/mol. The highest BCUT2D eigenvalue weighted by atomic mass is 32.2. The van der Waals surface area contributed by atoms with Crippen LogP contribution in [-0.2, 0) is 10.0 Å². The van der Waals surface area contributed by atoms with Crippen molar-refractivity contribution in [1.29, 1.82) is 0 Å². The second kappa shape index (κ2) is 10.3. The van der Waals surface area contributed by atoms with E-state index in [9.17, 15) is 13.2 Å². The summed E-state index contributed by atoms with van der Waals surface area (Å²) in [6, 6.07) is 13.5. The van der Waals surface area contributed by atoms with E-state index in [1.807, 2.05) is 32.0 Å². The summed E-state index contributed by atoms with van der Waals surface area (Å²) in [4.78, 5) is 24.6. The van der Waals surface area contributed by atoms with Crippen LogP contribution >= 0.6 is 0 Å². The Bertz CT molecular complexity index is 1450. The predicted octanol–water partition coefficient (Wildman–Crippen LogP) is 2.82. The molecular formula is C27H32N6O4S. The summed E-state index contributed by atoms with van der Waals surface area (Å²) in [7, 11) is -4.07. The van der Waals surface area contributed by atoms with E-state index < -0.39 is 21.7 Å². The van der Waals surface area contributed by atoms with Gasteiger partial charge in [0, 0.05) is 43.1 Å². The molecule has 0 unspecified atom stereocenters. The number of carbonyl (C=O) groups excluding carboxylic acids is 1. The van der Waals surface area contributed by atoms with Gasteiger partial charge >= 0.3 is 0 Å². The van der Waals surface area contributed by atoms with Crippen molar-refractivity contribution in [2.45, 2.75) is 43.7 Å². The quantitative estimate of drug-likeness (QED) is 0.463. The molecule has 0 aliphatic carbocycles. The third-order valence-corrected chi connectivity index (χ3v) is 8.38. The Kier molecular flexibility index (Phi) is 7.08. The fraction of sp³-hybridized carbons (Fsp3) is 0.370. The summed E-state index contributed by atoms with van der Waals surface area (Å²) in [5.41, 5.74) is 8.23. The van der Waals surface area contributed by atoms with E-state index in [2.05, 4.69) is 24.9 Å². The maximum absolute atomic E-state index is 13.4. The molecule has 5 rings (SSSR count). The summed E-state index contributed by atoms with van der Waals surface area (Å²) >= 11 is 0. The van der Waals surface area contributed by atoms with Gasteiger partial charge in [-0.25, -0.2) is 18.1 Å². The van der Waals surface area contributed by atoms with E-state index >= 15 is 0 Å². The summed E-state index contributed by atoms with van der Waals surface area (Å²) in [6.45, 7) is 6.84. The van der Waals surface area contributed by atoms with Gasteiger partial charge in [0.2, 0.25) is 11.8 Å². The van der Waals surface area contributed by atoms with Crippen LogP contribution < -0.4 is 20.5 Å². The molecule has 0 saturated carbocycles. The number of fused-ring (bicyclic) bond motifs is 4. The zero-order chi connectivity index (χ0) is 26.9. The van der Waals surface area contributed by atoms with Gasteiger partial charge in [0.05, 0.1) is 10.6 Å². The van der Waals surface area contributed by atoms with Gasteiger partial charge in [-0.3, -0.25) is 4.79 Å². The van der Waals surface area contributed by atoms with E-state index in [-0.39, 0.29) is 22.3 Å². The van der Waals surface area contributed by atoms with Crippen molar-refractivity contribution < 1.29 is 17.9 Å². The largest absolute Gasteiger partial charge is 0.451 e. The summed E-state index contributed by atoms with van der Waals surface area (Å²) in [6.07, 6.45) is 1.93. The highest BCUT2D eigenvalue weighted by Crippen LogP contribution is 2.33. The van der Waals surface area contributed by atoms with Gasteiger partial charge in [-0.05, 0) is 62.7 Å². The van der Waals surface area contributed by atoms with Crippen LogP contribution in [0.4, 0.5) is 5.95 Å².